The van der Waals surface area contributed by atoms with Gasteiger partial charge in [0.2, 0.25) is 0 Å². The molecule has 1 rings (SSSR count). The predicted octanol–water partition coefficient (Wildman–Crippen LogP) is -0.0581. The number of ether oxygens (including phenoxy) is 1. The molecule has 0 aliphatic carbocycles. The van der Waals surface area contributed by atoms with E-state index in [2.05, 4.69) is 14.7 Å². The average molecular weight is 158 g/mol. The molecule has 1 aromatic heterocycles. The zero-order chi connectivity index (χ0) is 8.10. The van der Waals surface area contributed by atoms with E-state index in [0.29, 0.717) is 25.5 Å². The van der Waals surface area contributed by atoms with Crippen LogP contribution in [0.25, 0.3) is 0 Å². The molecule has 0 unspecified atom stereocenters. The Morgan fingerprint density at radius 1 is 1.73 bits per heavy atom. The van der Waals surface area contributed by atoms with E-state index in [9.17, 15) is 4.79 Å². The first-order valence-electron chi connectivity index (χ1n) is 3.45. The highest BCUT2D eigenvalue weighted by molar-refractivity contribution is 4.77. The molecule has 5 nitrogen and oxygen atoms in total. The van der Waals surface area contributed by atoms with Gasteiger partial charge in [0.1, 0.15) is 0 Å². The lowest BCUT2D eigenvalue weighted by Gasteiger charge is -1.94. The molecule has 0 atom stereocenters. The molecule has 0 radical (unpaired) electrons. The van der Waals surface area contributed by atoms with Crippen molar-refractivity contribution in [3.63, 3.8) is 0 Å². The van der Waals surface area contributed by atoms with Crippen LogP contribution in [0, 0.1) is 0 Å². The molecule has 0 aromatic carbocycles. The monoisotopic (exact) mass is 158 g/mol. The summed E-state index contributed by atoms with van der Waals surface area (Å²) in [6.07, 6.45) is 0.583. The van der Waals surface area contributed by atoms with Crippen LogP contribution in [0.2, 0.25) is 0 Å². The van der Waals surface area contributed by atoms with Gasteiger partial charge in [0.15, 0.2) is 5.82 Å². The molecule has 0 fully saturated rings. The number of aromatic amines is 1. The Bertz CT molecular complexity index is 252. The van der Waals surface area contributed by atoms with E-state index in [1.807, 2.05) is 6.92 Å². The van der Waals surface area contributed by atoms with Crippen molar-refractivity contribution < 1.29 is 9.26 Å². The van der Waals surface area contributed by atoms with Gasteiger partial charge in [-0.3, -0.25) is 9.51 Å². The van der Waals surface area contributed by atoms with Crippen molar-refractivity contribution >= 4 is 0 Å². The highest BCUT2D eigenvalue weighted by Gasteiger charge is 1.98. The van der Waals surface area contributed by atoms with Crippen LogP contribution in [0.1, 0.15) is 12.7 Å². The first-order valence-corrected chi connectivity index (χ1v) is 3.45. The Morgan fingerprint density at radius 3 is 3.09 bits per heavy atom. The number of rotatable bonds is 4. The zero-order valence-electron chi connectivity index (χ0n) is 6.29. The Balaban J connectivity index is 2.33. The summed E-state index contributed by atoms with van der Waals surface area (Å²) >= 11 is 0. The number of hydrogen-bond acceptors (Lipinski definition) is 4. The maximum absolute atomic E-state index is 10.4. The molecule has 0 aliphatic rings. The maximum Gasteiger partial charge on any atom is 0.438 e. The smallest absolute Gasteiger partial charge is 0.381 e. The van der Waals surface area contributed by atoms with Crippen LogP contribution in [-0.2, 0) is 11.2 Å². The molecule has 0 saturated carbocycles. The normalized spacial score (nSPS) is 10.3. The van der Waals surface area contributed by atoms with Crippen molar-refractivity contribution in [3.8, 4) is 0 Å². The van der Waals surface area contributed by atoms with Gasteiger partial charge >= 0.3 is 5.76 Å². The fourth-order valence-corrected chi connectivity index (χ4v) is 0.681. The van der Waals surface area contributed by atoms with Crippen LogP contribution in [-0.4, -0.2) is 23.4 Å². The summed E-state index contributed by atoms with van der Waals surface area (Å²) in [5, 5.41) is 3.46. The van der Waals surface area contributed by atoms with Crippen molar-refractivity contribution in [3.05, 3.63) is 16.4 Å². The average Bonchev–Trinajstić information content (AvgIpc) is 2.37. The third-order valence-electron chi connectivity index (χ3n) is 1.17. The third kappa shape index (κ3) is 2.55. The summed E-state index contributed by atoms with van der Waals surface area (Å²) in [6.45, 7) is 3.13. The highest BCUT2D eigenvalue weighted by atomic mass is 16.5. The molecule has 0 aliphatic heterocycles. The summed E-state index contributed by atoms with van der Waals surface area (Å²) in [4.78, 5) is 12.8. The molecular formula is C6H10N2O3. The molecule has 0 amide bonds. The Morgan fingerprint density at radius 2 is 2.55 bits per heavy atom. The van der Waals surface area contributed by atoms with Gasteiger partial charge < -0.3 is 4.74 Å². The van der Waals surface area contributed by atoms with Gasteiger partial charge in [-0.15, -0.1) is 0 Å². The first-order chi connectivity index (χ1) is 5.33. The molecule has 1 N–H and O–H groups in total. The molecule has 11 heavy (non-hydrogen) atoms. The van der Waals surface area contributed by atoms with Gasteiger partial charge in [0, 0.05) is 13.0 Å². The minimum absolute atomic E-state index is 0.517. The summed E-state index contributed by atoms with van der Waals surface area (Å²) in [5.74, 6) is 0.0138. The van der Waals surface area contributed by atoms with Crippen molar-refractivity contribution in [2.45, 2.75) is 13.3 Å². The lowest BCUT2D eigenvalue weighted by molar-refractivity contribution is 0.149. The summed E-state index contributed by atoms with van der Waals surface area (Å²) in [5.41, 5.74) is 0. The van der Waals surface area contributed by atoms with E-state index >= 15 is 0 Å². The Kier molecular flexibility index (Phi) is 2.85. The predicted molar refractivity (Wildman–Crippen MR) is 37.3 cm³/mol. The van der Waals surface area contributed by atoms with Crippen molar-refractivity contribution in [1.82, 2.24) is 10.1 Å². The van der Waals surface area contributed by atoms with E-state index in [1.54, 1.807) is 0 Å². The first kappa shape index (κ1) is 8.00. The second-order valence-corrected chi connectivity index (χ2v) is 1.99. The van der Waals surface area contributed by atoms with Gasteiger partial charge in [-0.05, 0) is 6.92 Å². The molecule has 0 bridgehead atoms. The van der Waals surface area contributed by atoms with E-state index in [0.717, 1.165) is 0 Å². The van der Waals surface area contributed by atoms with Gasteiger partial charge in [-0.1, -0.05) is 5.16 Å². The fourth-order valence-electron chi connectivity index (χ4n) is 0.681. The second-order valence-electron chi connectivity index (χ2n) is 1.99. The number of H-pyrrole nitrogens is 1. The van der Waals surface area contributed by atoms with Crippen LogP contribution >= 0.6 is 0 Å². The molecular weight excluding hydrogens is 148 g/mol. The van der Waals surface area contributed by atoms with Gasteiger partial charge in [-0.2, -0.15) is 0 Å². The SMILES string of the molecule is CCOCCc1noc(=O)[nH]1. The van der Waals surface area contributed by atoms with Crippen LogP contribution in [0.5, 0.6) is 0 Å². The lowest BCUT2D eigenvalue weighted by Crippen LogP contribution is -2.02. The molecule has 1 aromatic rings. The van der Waals surface area contributed by atoms with Gasteiger partial charge in [0.25, 0.3) is 0 Å². The fraction of sp³-hybridized carbons (Fsp3) is 0.667. The minimum Gasteiger partial charge on any atom is -0.381 e. The molecule has 62 valence electrons. The third-order valence-corrected chi connectivity index (χ3v) is 1.17. The van der Waals surface area contributed by atoms with Crippen molar-refractivity contribution in [2.75, 3.05) is 13.2 Å². The van der Waals surface area contributed by atoms with E-state index in [4.69, 9.17) is 4.74 Å². The number of aromatic nitrogens is 2. The zero-order valence-corrected chi connectivity index (χ0v) is 6.29. The van der Waals surface area contributed by atoms with Crippen molar-refractivity contribution in [2.24, 2.45) is 0 Å². The maximum atomic E-state index is 10.4. The summed E-state index contributed by atoms with van der Waals surface area (Å²) in [7, 11) is 0. The minimum atomic E-state index is -0.517. The van der Waals surface area contributed by atoms with Crippen LogP contribution in [0.15, 0.2) is 9.32 Å². The van der Waals surface area contributed by atoms with Gasteiger partial charge in [-0.25, -0.2) is 4.79 Å². The van der Waals surface area contributed by atoms with Crippen LogP contribution in [0.4, 0.5) is 0 Å². The lowest BCUT2D eigenvalue weighted by atomic mass is 10.4. The number of nitrogens with zero attached hydrogens (tertiary/aromatic N) is 1. The second kappa shape index (κ2) is 3.92. The summed E-state index contributed by atoms with van der Waals surface area (Å²) < 4.78 is 9.32. The standard InChI is InChI=1S/C6H10N2O3/c1-2-10-4-3-5-7-6(9)11-8-5/h2-4H2,1H3,(H,7,8,9). The van der Waals surface area contributed by atoms with Crippen molar-refractivity contribution in [1.29, 1.82) is 0 Å². The number of hydrogen-bond donors (Lipinski definition) is 1. The molecule has 5 heteroatoms. The quantitative estimate of drug-likeness (QED) is 0.623. The molecule has 0 saturated heterocycles. The van der Waals surface area contributed by atoms with Crippen LogP contribution < -0.4 is 5.76 Å². The van der Waals surface area contributed by atoms with E-state index < -0.39 is 5.76 Å². The largest absolute Gasteiger partial charge is 0.438 e. The topological polar surface area (TPSA) is 68.1 Å². The van der Waals surface area contributed by atoms with Gasteiger partial charge in [0.05, 0.1) is 6.61 Å². The van der Waals surface area contributed by atoms with E-state index in [-0.39, 0.29) is 0 Å². The highest BCUT2D eigenvalue weighted by Crippen LogP contribution is 1.86. The molecule has 0 spiro atoms. The Hall–Kier alpha value is -1.10. The van der Waals surface area contributed by atoms with Crippen LogP contribution in [0.3, 0.4) is 0 Å². The Labute approximate surface area is 63.4 Å². The van der Waals surface area contributed by atoms with E-state index in [1.165, 1.54) is 0 Å². The summed E-state index contributed by atoms with van der Waals surface area (Å²) in [6, 6.07) is 0. The number of nitrogens with one attached hydrogen (secondary N) is 1. The molecule has 1 heterocycles.